The molecule has 2 aromatic carbocycles. The van der Waals surface area contributed by atoms with Gasteiger partial charge in [0, 0.05) is 32.1 Å². The Bertz CT molecular complexity index is 1180. The highest BCUT2D eigenvalue weighted by molar-refractivity contribution is 6.07. The van der Waals surface area contributed by atoms with Gasteiger partial charge in [0.1, 0.15) is 11.2 Å². The molecule has 32 heavy (non-hydrogen) atoms. The third kappa shape index (κ3) is 3.23. The highest BCUT2D eigenvalue weighted by Gasteiger charge is 2.57. The summed E-state index contributed by atoms with van der Waals surface area (Å²) in [5.41, 5.74) is 1.34. The topological polar surface area (TPSA) is 87.0 Å². The zero-order chi connectivity index (χ0) is 22.3. The number of hydrogen-bond acceptors (Lipinski definition) is 5. The van der Waals surface area contributed by atoms with Gasteiger partial charge in [-0.15, -0.1) is 0 Å². The molecule has 4 amide bonds. The van der Waals surface area contributed by atoms with Gasteiger partial charge in [0.05, 0.1) is 6.42 Å². The Morgan fingerprint density at radius 3 is 2.47 bits per heavy atom. The first-order valence-corrected chi connectivity index (χ1v) is 10.7. The molecule has 3 heterocycles. The minimum atomic E-state index is -0.904. The minimum absolute atomic E-state index is 0.0568. The molecule has 0 radical (unpaired) electrons. The Morgan fingerprint density at radius 2 is 1.72 bits per heavy atom. The normalized spacial score (nSPS) is 18.2. The number of urea groups is 1. The number of likely N-dealkylation sites (N-methyl/N-ethyl adjacent to an activating group) is 1. The second-order valence-electron chi connectivity index (χ2n) is 8.43. The number of benzene rings is 2. The zero-order valence-electron chi connectivity index (χ0n) is 17.9. The Morgan fingerprint density at radius 1 is 1.03 bits per heavy atom. The molecule has 2 fully saturated rings. The third-order valence-electron chi connectivity index (χ3n) is 6.63. The van der Waals surface area contributed by atoms with Crippen LogP contribution in [0.15, 0.2) is 59.1 Å². The van der Waals surface area contributed by atoms with Crippen molar-refractivity contribution >= 4 is 28.8 Å². The summed E-state index contributed by atoms with van der Waals surface area (Å²) < 4.78 is 5.31. The van der Waals surface area contributed by atoms with Crippen LogP contribution in [0.2, 0.25) is 0 Å². The van der Waals surface area contributed by atoms with Crippen LogP contribution in [0.3, 0.4) is 0 Å². The van der Waals surface area contributed by atoms with Crippen LogP contribution >= 0.6 is 0 Å². The maximum atomic E-state index is 13.1. The van der Waals surface area contributed by atoms with Crippen LogP contribution in [0.25, 0.3) is 11.0 Å². The van der Waals surface area contributed by atoms with Crippen molar-refractivity contribution in [2.75, 3.05) is 20.1 Å². The predicted octanol–water partition coefficient (Wildman–Crippen LogP) is 2.83. The molecule has 1 aromatic heterocycles. The first kappa shape index (κ1) is 20.2. The molecule has 0 atom stereocenters. The number of carbonyl (C=O) groups excluding carboxylic acids is 3. The lowest BCUT2D eigenvalue weighted by molar-refractivity contribution is -0.140. The monoisotopic (exact) mass is 432 g/mol. The lowest BCUT2D eigenvalue weighted by Crippen LogP contribution is -2.57. The van der Waals surface area contributed by atoms with Crippen molar-refractivity contribution in [2.45, 2.75) is 31.3 Å². The van der Waals surface area contributed by atoms with E-state index in [0.717, 1.165) is 10.9 Å². The van der Waals surface area contributed by atoms with E-state index in [1.165, 1.54) is 11.9 Å². The van der Waals surface area contributed by atoms with Gasteiger partial charge in [-0.2, -0.15) is 0 Å². The largest absolute Gasteiger partial charge is 0.356 e. The smallest absolute Gasteiger partial charge is 0.327 e. The fourth-order valence-electron chi connectivity index (χ4n) is 4.79. The highest BCUT2D eigenvalue weighted by atomic mass is 16.5. The quantitative estimate of drug-likeness (QED) is 0.592. The molecule has 164 valence electrons. The fourth-order valence-corrected chi connectivity index (χ4v) is 4.79. The second-order valence-corrected chi connectivity index (χ2v) is 8.43. The lowest BCUT2D eigenvalue weighted by atomic mass is 9.85. The highest BCUT2D eigenvalue weighted by Crippen LogP contribution is 2.38. The minimum Gasteiger partial charge on any atom is -0.356 e. The number of carbonyl (C=O) groups is 3. The van der Waals surface area contributed by atoms with Crippen LogP contribution in [0.5, 0.6) is 0 Å². The van der Waals surface area contributed by atoms with Crippen molar-refractivity contribution < 1.29 is 18.9 Å². The summed E-state index contributed by atoms with van der Waals surface area (Å²) in [5.74, 6) is -0.244. The van der Waals surface area contributed by atoms with Crippen molar-refractivity contribution in [2.24, 2.45) is 0 Å². The maximum absolute atomic E-state index is 13.1. The van der Waals surface area contributed by atoms with E-state index in [0.29, 0.717) is 43.8 Å². The lowest BCUT2D eigenvalue weighted by Gasteiger charge is -2.42. The van der Waals surface area contributed by atoms with Crippen LogP contribution in [0.1, 0.15) is 24.1 Å². The van der Waals surface area contributed by atoms with Gasteiger partial charge in [0.2, 0.25) is 5.91 Å². The van der Waals surface area contributed by atoms with Crippen LogP contribution in [-0.4, -0.2) is 63.4 Å². The molecule has 2 aliphatic heterocycles. The van der Waals surface area contributed by atoms with Crippen molar-refractivity contribution in [3.8, 4) is 0 Å². The van der Waals surface area contributed by atoms with E-state index in [-0.39, 0.29) is 24.3 Å². The Balaban J connectivity index is 1.31. The van der Waals surface area contributed by atoms with Gasteiger partial charge in [-0.1, -0.05) is 47.6 Å². The molecule has 2 saturated heterocycles. The molecule has 0 unspecified atom stereocenters. The first-order valence-electron chi connectivity index (χ1n) is 10.7. The maximum Gasteiger partial charge on any atom is 0.327 e. The van der Waals surface area contributed by atoms with E-state index in [1.54, 1.807) is 9.80 Å². The van der Waals surface area contributed by atoms with E-state index < -0.39 is 5.54 Å². The third-order valence-corrected chi connectivity index (χ3v) is 6.63. The van der Waals surface area contributed by atoms with Gasteiger partial charge < -0.3 is 14.3 Å². The summed E-state index contributed by atoms with van der Waals surface area (Å²) in [4.78, 5) is 43.6. The molecule has 1 spiro atoms. The molecule has 8 nitrogen and oxygen atoms in total. The van der Waals surface area contributed by atoms with Crippen molar-refractivity contribution in [1.82, 2.24) is 19.9 Å². The van der Waals surface area contributed by atoms with Crippen LogP contribution < -0.4 is 0 Å². The molecule has 5 rings (SSSR count). The number of likely N-dealkylation sites (tertiary alicyclic amines) is 1. The van der Waals surface area contributed by atoms with E-state index in [4.69, 9.17) is 4.52 Å². The molecule has 0 saturated carbocycles. The molecular formula is C24H24N4O4. The Labute approximate surface area is 185 Å². The molecule has 3 aromatic rings. The SMILES string of the molecule is CN1C(=O)N(Cc2ccccc2)C2(CCN(C(=O)Cc3noc4ccccc34)CC2)C1=O. The average molecular weight is 432 g/mol. The van der Waals surface area contributed by atoms with E-state index >= 15 is 0 Å². The van der Waals surface area contributed by atoms with Gasteiger partial charge in [0.15, 0.2) is 5.58 Å². The summed E-state index contributed by atoms with van der Waals surface area (Å²) in [7, 11) is 1.53. The fraction of sp³-hybridized carbons (Fsp3) is 0.333. The molecule has 0 N–H and O–H groups in total. The van der Waals surface area contributed by atoms with Gasteiger partial charge in [-0.05, 0) is 30.5 Å². The molecule has 2 aliphatic rings. The number of hydrogen-bond donors (Lipinski definition) is 0. The van der Waals surface area contributed by atoms with Gasteiger partial charge >= 0.3 is 6.03 Å². The summed E-state index contributed by atoms with van der Waals surface area (Å²) in [6.45, 7) is 1.19. The second kappa shape index (κ2) is 7.78. The standard InChI is InChI=1S/C24H24N4O4/c1-26-22(30)24(28(23(26)31)16-17-7-3-2-4-8-17)11-13-27(14-12-24)21(29)15-19-18-9-5-6-10-20(18)32-25-19/h2-10H,11-16H2,1H3. The average Bonchev–Trinajstić information content (AvgIpc) is 3.30. The number of piperidine rings is 1. The van der Waals surface area contributed by atoms with E-state index in [1.807, 2.05) is 54.6 Å². The Hall–Kier alpha value is -3.68. The summed E-state index contributed by atoms with van der Waals surface area (Å²) in [6, 6.07) is 16.8. The van der Waals surface area contributed by atoms with Crippen LogP contribution in [-0.2, 0) is 22.6 Å². The number of para-hydroxylation sites is 1. The van der Waals surface area contributed by atoms with E-state index in [2.05, 4.69) is 5.16 Å². The van der Waals surface area contributed by atoms with Crippen molar-refractivity contribution in [1.29, 1.82) is 0 Å². The predicted molar refractivity (Wildman–Crippen MR) is 116 cm³/mol. The summed E-state index contributed by atoms with van der Waals surface area (Å²) in [6.07, 6.45) is 0.977. The zero-order valence-corrected chi connectivity index (χ0v) is 17.9. The number of fused-ring (bicyclic) bond motifs is 1. The van der Waals surface area contributed by atoms with E-state index in [9.17, 15) is 14.4 Å². The number of aromatic nitrogens is 1. The van der Waals surface area contributed by atoms with Gasteiger partial charge in [-0.25, -0.2) is 4.79 Å². The van der Waals surface area contributed by atoms with Crippen LogP contribution in [0, 0.1) is 0 Å². The summed E-state index contributed by atoms with van der Waals surface area (Å²) in [5, 5.41) is 4.89. The molecular weight excluding hydrogens is 408 g/mol. The number of rotatable bonds is 4. The number of imide groups is 1. The molecule has 8 heteroatoms. The summed E-state index contributed by atoms with van der Waals surface area (Å²) >= 11 is 0. The van der Waals surface area contributed by atoms with Crippen molar-refractivity contribution in [3.05, 3.63) is 65.9 Å². The number of amides is 4. The van der Waals surface area contributed by atoms with Crippen LogP contribution in [0.4, 0.5) is 4.79 Å². The van der Waals surface area contributed by atoms with Gasteiger partial charge in [0.25, 0.3) is 5.91 Å². The number of nitrogens with zero attached hydrogens (tertiary/aromatic N) is 4. The molecule has 0 aliphatic carbocycles. The molecule has 0 bridgehead atoms. The van der Waals surface area contributed by atoms with Gasteiger partial charge in [-0.3, -0.25) is 14.5 Å². The Kier molecular flexibility index (Phi) is 4.92. The van der Waals surface area contributed by atoms with Crippen molar-refractivity contribution in [3.63, 3.8) is 0 Å². The first-order chi connectivity index (χ1) is 15.5.